The van der Waals surface area contributed by atoms with E-state index in [-0.39, 0.29) is 11.6 Å². The molecule has 1 heterocycles. The molecule has 1 atom stereocenters. The van der Waals surface area contributed by atoms with Crippen LogP contribution in [-0.2, 0) is 11.3 Å². The largest absolute Gasteiger partial charge is 0.496 e. The van der Waals surface area contributed by atoms with Crippen LogP contribution in [0.1, 0.15) is 6.92 Å². The normalized spacial score (nSPS) is 11.7. The second-order valence-electron chi connectivity index (χ2n) is 6.13. The summed E-state index contributed by atoms with van der Waals surface area (Å²) in [5.41, 5.74) is 0.937. The van der Waals surface area contributed by atoms with Crippen molar-refractivity contribution in [2.24, 2.45) is 0 Å². The first-order valence-electron chi connectivity index (χ1n) is 8.94. The van der Waals surface area contributed by atoms with Gasteiger partial charge in [0.05, 0.1) is 23.6 Å². The summed E-state index contributed by atoms with van der Waals surface area (Å²) in [4.78, 5) is 12.5. The Morgan fingerprint density at radius 2 is 2.00 bits per heavy atom. The lowest BCUT2D eigenvalue weighted by atomic mass is 10.2. The molecule has 3 rings (SSSR count). The molecule has 0 aliphatic carbocycles. The van der Waals surface area contributed by atoms with Crippen molar-refractivity contribution in [3.63, 3.8) is 0 Å². The average molecular weight is 412 g/mol. The number of benzene rings is 2. The van der Waals surface area contributed by atoms with Crippen molar-refractivity contribution in [2.75, 3.05) is 12.4 Å². The lowest BCUT2D eigenvalue weighted by Gasteiger charge is -2.14. The van der Waals surface area contributed by atoms with Crippen molar-refractivity contribution in [1.82, 2.24) is 14.8 Å². The highest BCUT2D eigenvalue weighted by Crippen LogP contribution is 2.32. The molecule has 0 saturated carbocycles. The van der Waals surface area contributed by atoms with E-state index in [0.717, 1.165) is 5.56 Å². The van der Waals surface area contributed by atoms with Crippen LogP contribution in [0.3, 0.4) is 0 Å². The molecule has 0 bridgehead atoms. The molecular weight excluding hydrogens is 391 g/mol. The lowest BCUT2D eigenvalue weighted by molar-refractivity contribution is -0.115. The summed E-state index contributed by atoms with van der Waals surface area (Å²) >= 11 is 1.24. The van der Waals surface area contributed by atoms with Gasteiger partial charge in [0.25, 0.3) is 0 Å². The first-order valence-corrected chi connectivity index (χ1v) is 9.82. The molecule has 0 spiro atoms. The predicted molar refractivity (Wildman–Crippen MR) is 113 cm³/mol. The Labute approximate surface area is 172 Å². The molecule has 0 fully saturated rings. The summed E-state index contributed by atoms with van der Waals surface area (Å²) in [5, 5.41) is 11.2. The van der Waals surface area contributed by atoms with Crippen LogP contribution >= 0.6 is 11.8 Å². The van der Waals surface area contributed by atoms with Crippen molar-refractivity contribution >= 4 is 23.4 Å². The number of carbonyl (C=O) groups excluding carboxylic acids is 1. The smallest absolute Gasteiger partial charge is 0.237 e. The van der Waals surface area contributed by atoms with Crippen molar-refractivity contribution in [3.05, 3.63) is 67.0 Å². The number of aromatic nitrogens is 3. The predicted octanol–water partition coefficient (Wildman–Crippen LogP) is 4.40. The highest BCUT2D eigenvalue weighted by Gasteiger charge is 2.22. The van der Waals surface area contributed by atoms with Crippen molar-refractivity contribution in [1.29, 1.82) is 0 Å². The van der Waals surface area contributed by atoms with E-state index in [1.807, 2.05) is 28.8 Å². The number of ether oxygens (including phenoxy) is 1. The number of hydrogen-bond acceptors (Lipinski definition) is 5. The number of anilines is 1. The van der Waals surface area contributed by atoms with E-state index in [0.29, 0.717) is 23.3 Å². The number of para-hydroxylation sites is 2. The highest BCUT2D eigenvalue weighted by molar-refractivity contribution is 8.00. The van der Waals surface area contributed by atoms with Crippen molar-refractivity contribution < 1.29 is 13.9 Å². The third-order valence-corrected chi connectivity index (χ3v) is 5.24. The van der Waals surface area contributed by atoms with Crippen molar-refractivity contribution in [3.8, 4) is 17.1 Å². The fourth-order valence-electron chi connectivity index (χ4n) is 2.71. The van der Waals surface area contributed by atoms with Gasteiger partial charge in [0.2, 0.25) is 5.91 Å². The summed E-state index contributed by atoms with van der Waals surface area (Å²) in [6.45, 7) is 5.99. The van der Waals surface area contributed by atoms with E-state index in [9.17, 15) is 9.18 Å². The second-order valence-corrected chi connectivity index (χ2v) is 7.44. The van der Waals surface area contributed by atoms with Gasteiger partial charge in [-0.05, 0) is 31.2 Å². The number of carbonyl (C=O) groups is 1. The van der Waals surface area contributed by atoms with Crippen LogP contribution in [0.15, 0.2) is 66.3 Å². The summed E-state index contributed by atoms with van der Waals surface area (Å²) in [6, 6.07) is 13.6. The number of methoxy groups -OCH3 is 1. The van der Waals surface area contributed by atoms with Crippen LogP contribution in [0.5, 0.6) is 5.75 Å². The van der Waals surface area contributed by atoms with Gasteiger partial charge < -0.3 is 10.1 Å². The van der Waals surface area contributed by atoms with Crippen molar-refractivity contribution in [2.45, 2.75) is 23.9 Å². The fraction of sp³-hybridized carbons (Fsp3) is 0.190. The number of nitrogens with one attached hydrogen (secondary N) is 1. The number of allylic oxidation sites excluding steroid dienone is 1. The van der Waals surface area contributed by atoms with E-state index in [2.05, 4.69) is 22.1 Å². The number of amides is 1. The van der Waals surface area contributed by atoms with E-state index in [1.165, 1.54) is 23.9 Å². The van der Waals surface area contributed by atoms with Crippen LogP contribution in [0.2, 0.25) is 0 Å². The lowest BCUT2D eigenvalue weighted by Crippen LogP contribution is -2.23. The van der Waals surface area contributed by atoms with E-state index in [4.69, 9.17) is 4.74 Å². The van der Waals surface area contributed by atoms with Gasteiger partial charge >= 0.3 is 0 Å². The SMILES string of the molecule is C=CCn1c(S[C@@H](C)C(=O)Nc2ccccc2F)nnc1-c1ccccc1OC. The van der Waals surface area contributed by atoms with Gasteiger partial charge in [-0.15, -0.1) is 16.8 Å². The monoisotopic (exact) mass is 412 g/mol. The summed E-state index contributed by atoms with van der Waals surface area (Å²) in [5.74, 6) is 0.483. The fourth-order valence-corrected chi connectivity index (χ4v) is 3.57. The number of thioether (sulfide) groups is 1. The zero-order valence-electron chi connectivity index (χ0n) is 16.1. The number of rotatable bonds is 8. The topological polar surface area (TPSA) is 69.0 Å². The maximum atomic E-state index is 13.8. The van der Waals surface area contributed by atoms with Crippen LogP contribution in [0.4, 0.5) is 10.1 Å². The van der Waals surface area contributed by atoms with Crippen LogP contribution in [-0.4, -0.2) is 33.0 Å². The molecule has 6 nitrogen and oxygen atoms in total. The van der Waals surface area contributed by atoms with Crippen LogP contribution in [0.25, 0.3) is 11.4 Å². The Balaban J connectivity index is 1.83. The zero-order valence-corrected chi connectivity index (χ0v) is 16.9. The van der Waals surface area contributed by atoms with Crippen LogP contribution < -0.4 is 10.1 Å². The molecule has 0 radical (unpaired) electrons. The van der Waals surface area contributed by atoms with Gasteiger partial charge in [0.1, 0.15) is 11.6 Å². The molecular formula is C21H21FN4O2S. The molecule has 0 aliphatic heterocycles. The molecule has 1 aromatic heterocycles. The summed E-state index contributed by atoms with van der Waals surface area (Å²) in [7, 11) is 1.60. The van der Waals surface area contributed by atoms with Gasteiger partial charge in [-0.1, -0.05) is 42.1 Å². The first kappa shape index (κ1) is 20.6. The van der Waals surface area contributed by atoms with Gasteiger partial charge in [0, 0.05) is 6.54 Å². The van der Waals surface area contributed by atoms with Gasteiger partial charge in [-0.3, -0.25) is 9.36 Å². The summed E-state index contributed by atoms with van der Waals surface area (Å²) in [6.07, 6.45) is 1.73. The minimum Gasteiger partial charge on any atom is -0.496 e. The van der Waals surface area contributed by atoms with Gasteiger partial charge in [-0.25, -0.2) is 4.39 Å². The van der Waals surface area contributed by atoms with Gasteiger partial charge in [0.15, 0.2) is 11.0 Å². The third-order valence-electron chi connectivity index (χ3n) is 4.16. The molecule has 29 heavy (non-hydrogen) atoms. The Morgan fingerprint density at radius 1 is 1.28 bits per heavy atom. The Hall–Kier alpha value is -3.13. The summed E-state index contributed by atoms with van der Waals surface area (Å²) < 4.78 is 21.1. The number of halogens is 1. The highest BCUT2D eigenvalue weighted by atomic mass is 32.2. The van der Waals surface area contributed by atoms with E-state index >= 15 is 0 Å². The second kappa shape index (κ2) is 9.38. The standard InChI is InChI=1S/C21H21FN4O2S/c1-4-13-26-19(15-9-5-8-12-18(15)28-3)24-25-21(26)29-14(2)20(27)23-17-11-7-6-10-16(17)22/h4-12,14H,1,13H2,2-3H3,(H,23,27)/t14-/m0/s1. The molecule has 150 valence electrons. The molecule has 3 aromatic rings. The van der Waals surface area contributed by atoms with Gasteiger partial charge in [-0.2, -0.15) is 0 Å². The minimum absolute atomic E-state index is 0.146. The molecule has 0 aliphatic rings. The first-order chi connectivity index (χ1) is 14.0. The quantitative estimate of drug-likeness (QED) is 0.439. The molecule has 1 amide bonds. The van der Waals surface area contributed by atoms with E-state index in [1.54, 1.807) is 32.2 Å². The number of nitrogens with zero attached hydrogens (tertiary/aromatic N) is 3. The number of hydrogen-bond donors (Lipinski definition) is 1. The van der Waals surface area contributed by atoms with E-state index < -0.39 is 11.1 Å². The molecule has 2 aromatic carbocycles. The molecule has 1 N–H and O–H groups in total. The third kappa shape index (κ3) is 4.65. The maximum Gasteiger partial charge on any atom is 0.237 e. The Bertz CT molecular complexity index is 1020. The average Bonchev–Trinajstić information content (AvgIpc) is 3.12. The minimum atomic E-state index is -0.520. The maximum absolute atomic E-state index is 13.8. The zero-order chi connectivity index (χ0) is 20.8. The Morgan fingerprint density at radius 3 is 2.72 bits per heavy atom. The van der Waals surface area contributed by atoms with Crippen LogP contribution in [0, 0.1) is 5.82 Å². The molecule has 0 unspecified atom stereocenters. The Kier molecular flexibility index (Phi) is 6.66. The molecule has 0 saturated heterocycles. The molecule has 8 heteroatoms.